The molecule has 1 aromatic heterocycles. The van der Waals surface area contributed by atoms with E-state index in [1.165, 1.54) is 12.4 Å². The van der Waals surface area contributed by atoms with Gasteiger partial charge in [-0.1, -0.05) is 30.3 Å². The highest BCUT2D eigenvalue weighted by molar-refractivity contribution is 6.28. The van der Waals surface area contributed by atoms with Crippen LogP contribution < -0.4 is 0 Å². The van der Waals surface area contributed by atoms with Gasteiger partial charge < -0.3 is 0 Å². The van der Waals surface area contributed by atoms with Crippen LogP contribution in [-0.4, -0.2) is 15.9 Å². The molecule has 0 amide bonds. The van der Waals surface area contributed by atoms with Gasteiger partial charge in [0.05, 0.1) is 5.56 Å². The van der Waals surface area contributed by atoms with E-state index in [2.05, 4.69) is 14.9 Å². The normalized spacial score (nSPS) is 10.1. The maximum atomic E-state index is 11.5. The second-order valence-electron chi connectivity index (χ2n) is 3.36. The van der Waals surface area contributed by atoms with Crippen molar-refractivity contribution in [3.05, 3.63) is 59.1 Å². The molecule has 0 atom stereocenters. The third kappa shape index (κ3) is 3.51. The number of rotatable bonds is 4. The second-order valence-corrected chi connectivity index (χ2v) is 3.70. The molecule has 0 saturated heterocycles. The molecule has 0 bridgehead atoms. The average Bonchev–Trinajstić information content (AvgIpc) is 2.40. The Balaban J connectivity index is 1.84. The van der Waals surface area contributed by atoms with Gasteiger partial charge >= 0.3 is 5.97 Å². The molecule has 0 unspecified atom stereocenters. The zero-order valence-electron chi connectivity index (χ0n) is 9.25. The van der Waals surface area contributed by atoms with Gasteiger partial charge in [0.2, 0.25) is 5.28 Å². The summed E-state index contributed by atoms with van der Waals surface area (Å²) in [6, 6.07) is 9.35. The maximum absolute atomic E-state index is 11.5. The summed E-state index contributed by atoms with van der Waals surface area (Å²) in [5.41, 5.74) is 1.07. The topological polar surface area (TPSA) is 61.3 Å². The zero-order chi connectivity index (χ0) is 12.8. The molecule has 0 radical (unpaired) electrons. The Morgan fingerprint density at radius 1 is 1.17 bits per heavy atom. The van der Waals surface area contributed by atoms with Crippen LogP contribution in [0.25, 0.3) is 0 Å². The Labute approximate surface area is 108 Å². The summed E-state index contributed by atoms with van der Waals surface area (Å²) in [6.07, 6.45) is 2.53. The first-order valence-corrected chi connectivity index (χ1v) is 5.49. The van der Waals surface area contributed by atoms with Crippen molar-refractivity contribution in [1.29, 1.82) is 0 Å². The smallest absolute Gasteiger partial charge is 0.292 e. The number of nitrogens with zero attached hydrogens (tertiary/aromatic N) is 2. The summed E-state index contributed by atoms with van der Waals surface area (Å²) in [7, 11) is 0. The SMILES string of the molecule is O=C(OOCc1ccccc1)c1cnc(Cl)nc1. The molecule has 0 aliphatic carbocycles. The standard InChI is InChI=1S/C12H9ClN2O3/c13-12-14-6-10(7-15-12)11(16)18-17-8-9-4-2-1-3-5-9/h1-7H,8H2. The summed E-state index contributed by atoms with van der Waals surface area (Å²) in [5.74, 6) is -0.664. The van der Waals surface area contributed by atoms with E-state index in [9.17, 15) is 4.79 Å². The minimum Gasteiger partial charge on any atom is -0.292 e. The first-order valence-electron chi connectivity index (χ1n) is 5.11. The highest BCUT2D eigenvalue weighted by Gasteiger charge is 2.09. The van der Waals surface area contributed by atoms with Gasteiger partial charge in [0, 0.05) is 12.4 Å². The van der Waals surface area contributed by atoms with Gasteiger partial charge in [-0.15, -0.1) is 0 Å². The van der Waals surface area contributed by atoms with Crippen molar-refractivity contribution in [2.45, 2.75) is 6.61 Å². The highest BCUT2D eigenvalue weighted by Crippen LogP contribution is 2.05. The van der Waals surface area contributed by atoms with E-state index in [0.29, 0.717) is 0 Å². The molecule has 0 aliphatic heterocycles. The summed E-state index contributed by atoms with van der Waals surface area (Å²) in [4.78, 5) is 28.2. The van der Waals surface area contributed by atoms with Crippen LogP contribution >= 0.6 is 11.6 Å². The van der Waals surface area contributed by atoms with Gasteiger partial charge in [0.25, 0.3) is 0 Å². The fourth-order valence-electron chi connectivity index (χ4n) is 1.19. The number of hydrogen-bond acceptors (Lipinski definition) is 5. The molecule has 6 heteroatoms. The van der Waals surface area contributed by atoms with Crippen LogP contribution in [-0.2, 0) is 16.4 Å². The molecule has 0 N–H and O–H groups in total. The molecule has 0 spiro atoms. The number of carbonyl (C=O) groups is 1. The van der Waals surface area contributed by atoms with Gasteiger partial charge in [0.15, 0.2) is 0 Å². The lowest BCUT2D eigenvalue weighted by Crippen LogP contribution is -2.07. The van der Waals surface area contributed by atoms with Gasteiger partial charge in [-0.3, -0.25) is 4.89 Å². The van der Waals surface area contributed by atoms with E-state index < -0.39 is 5.97 Å². The summed E-state index contributed by atoms with van der Waals surface area (Å²) in [5, 5.41) is 0.0664. The van der Waals surface area contributed by atoms with Crippen LogP contribution in [0.1, 0.15) is 15.9 Å². The summed E-state index contributed by atoms with van der Waals surface area (Å²) < 4.78 is 0. The number of benzene rings is 1. The third-order valence-corrected chi connectivity index (χ3v) is 2.25. The lowest BCUT2D eigenvalue weighted by Gasteiger charge is -2.03. The molecule has 0 aliphatic rings. The highest BCUT2D eigenvalue weighted by atomic mass is 35.5. The molecular weight excluding hydrogens is 256 g/mol. The lowest BCUT2D eigenvalue weighted by molar-refractivity contribution is -0.250. The molecule has 1 heterocycles. The van der Waals surface area contributed by atoms with Crippen LogP contribution in [0.15, 0.2) is 42.7 Å². The average molecular weight is 265 g/mol. The molecular formula is C12H9ClN2O3. The minimum absolute atomic E-state index is 0.0664. The Kier molecular flexibility index (Phi) is 4.22. The number of halogens is 1. The fourth-order valence-corrected chi connectivity index (χ4v) is 1.29. The fraction of sp³-hybridized carbons (Fsp3) is 0.0833. The predicted octanol–water partition coefficient (Wildman–Crippen LogP) is 2.42. The molecule has 0 fully saturated rings. The van der Waals surface area contributed by atoms with Gasteiger partial charge in [-0.2, -0.15) is 4.89 Å². The van der Waals surface area contributed by atoms with Crippen LogP contribution in [0.5, 0.6) is 0 Å². The first-order chi connectivity index (χ1) is 8.75. The van der Waals surface area contributed by atoms with Crippen LogP contribution in [0.3, 0.4) is 0 Å². The van der Waals surface area contributed by atoms with Crippen molar-refractivity contribution in [1.82, 2.24) is 9.97 Å². The van der Waals surface area contributed by atoms with Crippen molar-refractivity contribution in [2.75, 3.05) is 0 Å². The molecule has 5 nitrogen and oxygen atoms in total. The Morgan fingerprint density at radius 3 is 2.50 bits per heavy atom. The van der Waals surface area contributed by atoms with E-state index in [-0.39, 0.29) is 17.5 Å². The predicted molar refractivity (Wildman–Crippen MR) is 63.7 cm³/mol. The van der Waals surface area contributed by atoms with Crippen LogP contribution in [0, 0.1) is 0 Å². The second kappa shape index (κ2) is 6.09. The van der Waals surface area contributed by atoms with E-state index in [4.69, 9.17) is 16.5 Å². The summed E-state index contributed by atoms with van der Waals surface area (Å²) >= 11 is 5.50. The van der Waals surface area contributed by atoms with E-state index in [1.54, 1.807) is 0 Å². The minimum atomic E-state index is -0.664. The molecule has 0 saturated carbocycles. The van der Waals surface area contributed by atoms with Crippen molar-refractivity contribution in [2.24, 2.45) is 0 Å². The van der Waals surface area contributed by atoms with E-state index >= 15 is 0 Å². The Bertz CT molecular complexity index is 517. The summed E-state index contributed by atoms with van der Waals surface area (Å²) in [6.45, 7) is 0.182. The van der Waals surface area contributed by atoms with Crippen molar-refractivity contribution >= 4 is 17.6 Å². The molecule has 92 valence electrons. The zero-order valence-corrected chi connectivity index (χ0v) is 10.0. The molecule has 2 aromatic rings. The largest absolute Gasteiger partial charge is 0.376 e. The molecule has 2 rings (SSSR count). The van der Waals surface area contributed by atoms with Gasteiger partial charge in [0.1, 0.15) is 6.61 Å². The number of aromatic nitrogens is 2. The maximum Gasteiger partial charge on any atom is 0.376 e. The number of hydrogen-bond donors (Lipinski definition) is 0. The monoisotopic (exact) mass is 264 g/mol. The van der Waals surface area contributed by atoms with Crippen LogP contribution in [0.4, 0.5) is 0 Å². The number of carbonyl (C=O) groups excluding carboxylic acids is 1. The third-order valence-electron chi connectivity index (χ3n) is 2.06. The Hall–Kier alpha value is -1.98. The van der Waals surface area contributed by atoms with Gasteiger partial charge in [-0.05, 0) is 17.2 Å². The van der Waals surface area contributed by atoms with Crippen LogP contribution in [0.2, 0.25) is 5.28 Å². The van der Waals surface area contributed by atoms with Gasteiger partial charge in [-0.25, -0.2) is 14.8 Å². The Morgan fingerprint density at radius 2 is 1.83 bits per heavy atom. The lowest BCUT2D eigenvalue weighted by atomic mass is 10.2. The van der Waals surface area contributed by atoms with Crippen molar-refractivity contribution in [3.63, 3.8) is 0 Å². The first kappa shape index (κ1) is 12.5. The quantitative estimate of drug-likeness (QED) is 0.482. The van der Waals surface area contributed by atoms with E-state index in [1.807, 2.05) is 30.3 Å². The van der Waals surface area contributed by atoms with E-state index in [0.717, 1.165) is 5.56 Å². The van der Waals surface area contributed by atoms with Crippen molar-refractivity contribution < 1.29 is 14.6 Å². The molecule has 18 heavy (non-hydrogen) atoms. The van der Waals surface area contributed by atoms with Crippen molar-refractivity contribution in [3.8, 4) is 0 Å². The molecule has 1 aromatic carbocycles.